The highest BCUT2D eigenvalue weighted by atomic mass is 19.2. The standard InChI is InChI=1S/C18H14F3N3O3/c19-11-3-1-2-10(6-11)15-8-16(27-24-15)18(26)22-9-17(25)23-12-4-5-13(20)14(21)7-12/h1-7,16H,8-9H2,(H,22,26)(H,23,25). The Morgan fingerprint density at radius 1 is 1.11 bits per heavy atom. The molecule has 140 valence electrons. The lowest BCUT2D eigenvalue weighted by molar-refractivity contribution is -0.132. The Balaban J connectivity index is 1.48. The number of anilines is 1. The van der Waals surface area contributed by atoms with Crippen molar-refractivity contribution in [2.24, 2.45) is 5.16 Å². The molecule has 1 heterocycles. The van der Waals surface area contributed by atoms with Crippen molar-refractivity contribution >= 4 is 23.2 Å². The number of hydrogen-bond acceptors (Lipinski definition) is 4. The summed E-state index contributed by atoms with van der Waals surface area (Å²) in [5.41, 5.74) is 0.976. The average molecular weight is 377 g/mol. The Morgan fingerprint density at radius 3 is 2.67 bits per heavy atom. The third-order valence-corrected chi connectivity index (χ3v) is 3.75. The van der Waals surface area contributed by atoms with Gasteiger partial charge in [0.1, 0.15) is 5.82 Å². The van der Waals surface area contributed by atoms with Gasteiger partial charge in [-0.25, -0.2) is 13.2 Å². The van der Waals surface area contributed by atoms with Crippen LogP contribution in [0.15, 0.2) is 47.6 Å². The third-order valence-electron chi connectivity index (χ3n) is 3.75. The fraction of sp³-hybridized carbons (Fsp3) is 0.167. The molecule has 0 saturated heterocycles. The maximum atomic E-state index is 13.2. The predicted octanol–water partition coefficient (Wildman–Crippen LogP) is 2.35. The first-order valence-electron chi connectivity index (χ1n) is 7.93. The summed E-state index contributed by atoms with van der Waals surface area (Å²) in [6.45, 7) is -0.396. The molecule has 0 aliphatic carbocycles. The van der Waals surface area contributed by atoms with E-state index in [2.05, 4.69) is 15.8 Å². The molecule has 0 spiro atoms. The molecule has 2 aromatic carbocycles. The summed E-state index contributed by atoms with van der Waals surface area (Å²) < 4.78 is 39.2. The second-order valence-electron chi connectivity index (χ2n) is 5.74. The summed E-state index contributed by atoms with van der Waals surface area (Å²) in [5.74, 6) is -3.77. The molecule has 0 bridgehead atoms. The van der Waals surface area contributed by atoms with Crippen molar-refractivity contribution in [3.05, 3.63) is 65.5 Å². The third kappa shape index (κ3) is 4.63. The quantitative estimate of drug-likeness (QED) is 0.840. The molecule has 27 heavy (non-hydrogen) atoms. The Bertz CT molecular complexity index is 918. The van der Waals surface area contributed by atoms with Gasteiger partial charge in [-0.15, -0.1) is 0 Å². The van der Waals surface area contributed by atoms with Crippen LogP contribution in [0.2, 0.25) is 0 Å². The summed E-state index contributed by atoms with van der Waals surface area (Å²) in [6, 6.07) is 8.62. The number of benzene rings is 2. The molecule has 1 unspecified atom stereocenters. The van der Waals surface area contributed by atoms with Gasteiger partial charge in [0, 0.05) is 23.7 Å². The number of nitrogens with zero attached hydrogens (tertiary/aromatic N) is 1. The van der Waals surface area contributed by atoms with E-state index in [4.69, 9.17) is 4.84 Å². The predicted molar refractivity (Wildman–Crippen MR) is 90.4 cm³/mol. The van der Waals surface area contributed by atoms with Crippen LogP contribution in [0, 0.1) is 17.5 Å². The van der Waals surface area contributed by atoms with Crippen LogP contribution in [-0.2, 0) is 14.4 Å². The number of hydrogen-bond donors (Lipinski definition) is 2. The number of carbonyl (C=O) groups is 2. The molecule has 2 amide bonds. The van der Waals surface area contributed by atoms with E-state index in [0.717, 1.165) is 12.1 Å². The first-order valence-corrected chi connectivity index (χ1v) is 7.93. The zero-order chi connectivity index (χ0) is 19.4. The first kappa shape index (κ1) is 18.4. The van der Waals surface area contributed by atoms with Crippen molar-refractivity contribution in [2.45, 2.75) is 12.5 Å². The number of oxime groups is 1. The minimum Gasteiger partial charge on any atom is -0.382 e. The molecule has 0 saturated carbocycles. The van der Waals surface area contributed by atoms with E-state index < -0.39 is 41.9 Å². The van der Waals surface area contributed by atoms with E-state index in [9.17, 15) is 22.8 Å². The van der Waals surface area contributed by atoms with Crippen LogP contribution in [0.4, 0.5) is 18.9 Å². The molecule has 0 radical (unpaired) electrons. The topological polar surface area (TPSA) is 79.8 Å². The smallest absolute Gasteiger partial charge is 0.264 e. The summed E-state index contributed by atoms with van der Waals surface area (Å²) in [5, 5.41) is 8.46. The maximum Gasteiger partial charge on any atom is 0.264 e. The van der Waals surface area contributed by atoms with Gasteiger partial charge >= 0.3 is 0 Å². The molecule has 6 nitrogen and oxygen atoms in total. The van der Waals surface area contributed by atoms with E-state index >= 15 is 0 Å². The van der Waals surface area contributed by atoms with Crippen molar-refractivity contribution in [1.82, 2.24) is 5.32 Å². The van der Waals surface area contributed by atoms with Crippen LogP contribution >= 0.6 is 0 Å². The molecule has 3 rings (SSSR count). The Morgan fingerprint density at radius 2 is 1.93 bits per heavy atom. The molecular formula is C18H14F3N3O3. The minimum absolute atomic E-state index is 0.0574. The first-order chi connectivity index (χ1) is 12.9. The van der Waals surface area contributed by atoms with Crippen LogP contribution in [-0.4, -0.2) is 30.2 Å². The fourth-order valence-electron chi connectivity index (χ4n) is 2.42. The normalized spacial score (nSPS) is 15.7. The molecule has 2 aromatic rings. The van der Waals surface area contributed by atoms with Gasteiger partial charge in [0.05, 0.1) is 12.3 Å². The molecule has 0 fully saturated rings. The number of rotatable bonds is 5. The van der Waals surface area contributed by atoms with E-state index in [1.54, 1.807) is 6.07 Å². The van der Waals surface area contributed by atoms with Crippen molar-refractivity contribution in [3.63, 3.8) is 0 Å². The molecule has 2 N–H and O–H groups in total. The fourth-order valence-corrected chi connectivity index (χ4v) is 2.42. The summed E-state index contributed by atoms with van der Waals surface area (Å²) in [4.78, 5) is 28.9. The lowest BCUT2D eigenvalue weighted by Gasteiger charge is -2.10. The minimum atomic E-state index is -1.10. The van der Waals surface area contributed by atoms with E-state index in [1.807, 2.05) is 0 Å². The number of halogens is 3. The number of carbonyl (C=O) groups excluding carboxylic acids is 2. The average Bonchev–Trinajstić information content (AvgIpc) is 3.13. The molecular weight excluding hydrogens is 363 g/mol. The van der Waals surface area contributed by atoms with Gasteiger partial charge in [0.25, 0.3) is 5.91 Å². The zero-order valence-electron chi connectivity index (χ0n) is 13.8. The molecule has 1 aliphatic heterocycles. The highest BCUT2D eigenvalue weighted by Crippen LogP contribution is 2.17. The molecule has 1 atom stereocenters. The molecule has 1 aliphatic rings. The van der Waals surface area contributed by atoms with Gasteiger partial charge < -0.3 is 15.5 Å². The van der Waals surface area contributed by atoms with E-state index in [1.165, 1.54) is 24.3 Å². The Labute approximate surface area is 152 Å². The summed E-state index contributed by atoms with van der Waals surface area (Å²) in [7, 11) is 0. The van der Waals surface area contributed by atoms with Crippen LogP contribution in [0.25, 0.3) is 0 Å². The Kier molecular flexibility index (Phi) is 5.39. The van der Waals surface area contributed by atoms with Crippen LogP contribution in [0.1, 0.15) is 12.0 Å². The summed E-state index contributed by atoms with van der Waals surface area (Å²) in [6.07, 6.45) is -0.820. The lowest BCUT2D eigenvalue weighted by atomic mass is 10.0. The van der Waals surface area contributed by atoms with Gasteiger partial charge in [-0.1, -0.05) is 17.3 Å². The molecule has 9 heteroatoms. The van der Waals surface area contributed by atoms with Crippen molar-refractivity contribution < 1.29 is 27.6 Å². The van der Waals surface area contributed by atoms with E-state index in [-0.39, 0.29) is 12.1 Å². The highest BCUT2D eigenvalue weighted by Gasteiger charge is 2.29. The van der Waals surface area contributed by atoms with Gasteiger partial charge in [-0.2, -0.15) is 0 Å². The zero-order valence-corrected chi connectivity index (χ0v) is 13.8. The van der Waals surface area contributed by atoms with Crippen LogP contribution < -0.4 is 10.6 Å². The van der Waals surface area contributed by atoms with Gasteiger partial charge in [-0.3, -0.25) is 9.59 Å². The highest BCUT2D eigenvalue weighted by molar-refractivity contribution is 6.04. The maximum absolute atomic E-state index is 13.2. The van der Waals surface area contributed by atoms with Crippen molar-refractivity contribution in [2.75, 3.05) is 11.9 Å². The van der Waals surface area contributed by atoms with Gasteiger partial charge in [-0.05, 0) is 24.3 Å². The van der Waals surface area contributed by atoms with Crippen LogP contribution in [0.3, 0.4) is 0 Å². The second-order valence-corrected chi connectivity index (χ2v) is 5.74. The van der Waals surface area contributed by atoms with Crippen molar-refractivity contribution in [3.8, 4) is 0 Å². The second kappa shape index (κ2) is 7.90. The van der Waals surface area contributed by atoms with Gasteiger partial charge in [0.2, 0.25) is 12.0 Å². The SMILES string of the molecule is O=C(CNC(=O)C1CC(c2cccc(F)c2)=NO1)Nc1ccc(F)c(F)c1. The lowest BCUT2D eigenvalue weighted by Crippen LogP contribution is -2.39. The van der Waals surface area contributed by atoms with Gasteiger partial charge in [0.15, 0.2) is 11.6 Å². The van der Waals surface area contributed by atoms with Crippen molar-refractivity contribution in [1.29, 1.82) is 0 Å². The summed E-state index contributed by atoms with van der Waals surface area (Å²) >= 11 is 0. The largest absolute Gasteiger partial charge is 0.382 e. The molecule has 0 aromatic heterocycles. The van der Waals surface area contributed by atoms with E-state index in [0.29, 0.717) is 11.3 Å². The number of amides is 2. The number of nitrogens with one attached hydrogen (secondary N) is 2. The van der Waals surface area contributed by atoms with Crippen LogP contribution in [0.5, 0.6) is 0 Å². The Hall–Kier alpha value is -3.36. The monoisotopic (exact) mass is 377 g/mol.